The third-order valence-corrected chi connectivity index (χ3v) is 3.86. The second kappa shape index (κ2) is 7.65. The zero-order chi connectivity index (χ0) is 15.2. The molecule has 0 aliphatic rings. The number of aryl methyl sites for hydroxylation is 1. The molecule has 0 aliphatic heterocycles. The molecule has 3 nitrogen and oxygen atoms in total. The Kier molecular flexibility index (Phi) is 6.50. The number of hydrogen-bond acceptors (Lipinski definition) is 3. The molecule has 1 unspecified atom stereocenters. The maximum absolute atomic E-state index is 5.51. The van der Waals surface area contributed by atoms with Crippen molar-refractivity contribution in [1.82, 2.24) is 5.32 Å². The molecule has 1 aromatic rings. The van der Waals surface area contributed by atoms with Crippen LogP contribution in [0.3, 0.4) is 0 Å². The minimum Gasteiger partial charge on any atom is -0.496 e. The van der Waals surface area contributed by atoms with Crippen molar-refractivity contribution in [2.45, 2.75) is 52.2 Å². The van der Waals surface area contributed by atoms with Crippen LogP contribution in [0.25, 0.3) is 0 Å². The van der Waals surface area contributed by atoms with Crippen LogP contribution in [-0.2, 0) is 4.74 Å². The zero-order valence-electron chi connectivity index (χ0n) is 13.7. The molecule has 0 saturated carbocycles. The van der Waals surface area contributed by atoms with Gasteiger partial charge in [0, 0.05) is 13.2 Å². The molecule has 0 spiro atoms. The van der Waals surface area contributed by atoms with Gasteiger partial charge in [-0.25, -0.2) is 0 Å². The summed E-state index contributed by atoms with van der Waals surface area (Å²) in [6.45, 7) is 9.46. The van der Waals surface area contributed by atoms with Crippen molar-refractivity contribution in [3.8, 4) is 5.75 Å². The minimum atomic E-state index is -0.0742. The minimum absolute atomic E-state index is 0.0742. The van der Waals surface area contributed by atoms with E-state index in [1.807, 2.05) is 0 Å². The normalized spacial score (nSPS) is 13.3. The topological polar surface area (TPSA) is 30.5 Å². The van der Waals surface area contributed by atoms with E-state index in [0.717, 1.165) is 25.1 Å². The number of nitrogens with one attached hydrogen (secondary N) is 1. The van der Waals surface area contributed by atoms with Crippen molar-refractivity contribution in [3.63, 3.8) is 0 Å². The van der Waals surface area contributed by atoms with Crippen molar-refractivity contribution in [2.75, 3.05) is 20.8 Å². The molecule has 0 bridgehead atoms. The van der Waals surface area contributed by atoms with Gasteiger partial charge >= 0.3 is 0 Å². The monoisotopic (exact) mass is 279 g/mol. The van der Waals surface area contributed by atoms with Crippen LogP contribution in [0, 0.1) is 6.92 Å². The molecule has 0 heterocycles. The Morgan fingerprint density at radius 2 is 1.95 bits per heavy atom. The van der Waals surface area contributed by atoms with Crippen molar-refractivity contribution >= 4 is 0 Å². The molecule has 1 aromatic carbocycles. The van der Waals surface area contributed by atoms with Gasteiger partial charge in [-0.1, -0.05) is 19.1 Å². The molecule has 0 amide bonds. The molecule has 3 heteroatoms. The number of hydrogen-bond donors (Lipinski definition) is 1. The fourth-order valence-electron chi connectivity index (χ4n) is 2.35. The summed E-state index contributed by atoms with van der Waals surface area (Å²) in [4.78, 5) is 0. The van der Waals surface area contributed by atoms with Crippen LogP contribution in [0.4, 0.5) is 0 Å². The Bertz CT molecular complexity index is 415. The zero-order valence-corrected chi connectivity index (χ0v) is 13.7. The highest BCUT2D eigenvalue weighted by Gasteiger charge is 2.20. The molecule has 0 aliphatic carbocycles. The maximum atomic E-state index is 5.51. The van der Waals surface area contributed by atoms with E-state index >= 15 is 0 Å². The lowest BCUT2D eigenvalue weighted by Crippen LogP contribution is -2.27. The van der Waals surface area contributed by atoms with E-state index in [0.29, 0.717) is 6.04 Å². The highest BCUT2D eigenvalue weighted by molar-refractivity contribution is 5.37. The van der Waals surface area contributed by atoms with Crippen LogP contribution in [-0.4, -0.2) is 26.4 Å². The van der Waals surface area contributed by atoms with Gasteiger partial charge in [-0.05, 0) is 57.4 Å². The predicted octanol–water partition coefficient (Wildman–Crippen LogP) is 3.86. The Morgan fingerprint density at radius 1 is 1.25 bits per heavy atom. The lowest BCUT2D eigenvalue weighted by atomic mass is 9.94. The smallest absolute Gasteiger partial charge is 0.121 e. The first-order valence-electron chi connectivity index (χ1n) is 7.36. The Morgan fingerprint density at radius 3 is 2.45 bits per heavy atom. The van der Waals surface area contributed by atoms with Crippen LogP contribution in [0.2, 0.25) is 0 Å². The highest BCUT2D eigenvalue weighted by Crippen LogP contribution is 2.27. The summed E-state index contributed by atoms with van der Waals surface area (Å²) in [6, 6.07) is 6.78. The van der Waals surface area contributed by atoms with Crippen molar-refractivity contribution in [2.24, 2.45) is 0 Å². The van der Waals surface area contributed by atoms with Gasteiger partial charge in [0.2, 0.25) is 0 Å². The van der Waals surface area contributed by atoms with Crippen LogP contribution in [0.1, 0.15) is 50.8 Å². The van der Waals surface area contributed by atoms with E-state index in [2.05, 4.69) is 51.2 Å². The van der Waals surface area contributed by atoms with Gasteiger partial charge in [0.05, 0.1) is 12.7 Å². The number of rotatable bonds is 8. The van der Waals surface area contributed by atoms with E-state index in [1.165, 1.54) is 11.1 Å². The SMILES string of the molecule is CCNC(CCC(C)(C)OC)c1ccc(OC)c(C)c1. The van der Waals surface area contributed by atoms with Gasteiger partial charge in [0.25, 0.3) is 0 Å². The summed E-state index contributed by atoms with van der Waals surface area (Å²) in [6.07, 6.45) is 2.08. The van der Waals surface area contributed by atoms with Gasteiger partial charge in [0.15, 0.2) is 0 Å². The van der Waals surface area contributed by atoms with Crippen molar-refractivity contribution in [1.29, 1.82) is 0 Å². The molecule has 114 valence electrons. The Hall–Kier alpha value is -1.06. The van der Waals surface area contributed by atoms with E-state index in [-0.39, 0.29) is 5.60 Å². The molecule has 0 saturated heterocycles. The van der Waals surface area contributed by atoms with Gasteiger partial charge in [-0.3, -0.25) is 0 Å². The van der Waals surface area contributed by atoms with E-state index in [1.54, 1.807) is 14.2 Å². The highest BCUT2D eigenvalue weighted by atomic mass is 16.5. The quantitative estimate of drug-likeness (QED) is 0.784. The molecule has 1 rings (SSSR count). The lowest BCUT2D eigenvalue weighted by molar-refractivity contribution is 0.0117. The average Bonchev–Trinajstić information content (AvgIpc) is 2.43. The predicted molar refractivity (Wildman–Crippen MR) is 84.5 cm³/mol. The van der Waals surface area contributed by atoms with Crippen LogP contribution in [0.15, 0.2) is 18.2 Å². The van der Waals surface area contributed by atoms with Crippen LogP contribution in [0.5, 0.6) is 5.75 Å². The molecule has 0 fully saturated rings. The second-order valence-corrected chi connectivity index (χ2v) is 5.84. The summed E-state index contributed by atoms with van der Waals surface area (Å²) in [5.41, 5.74) is 2.42. The third-order valence-electron chi connectivity index (χ3n) is 3.86. The summed E-state index contributed by atoms with van der Waals surface area (Å²) in [7, 11) is 3.49. The first-order valence-corrected chi connectivity index (χ1v) is 7.36. The first-order chi connectivity index (χ1) is 9.43. The summed E-state index contributed by atoms with van der Waals surface area (Å²) < 4.78 is 10.8. The molecular formula is C17H29NO2. The second-order valence-electron chi connectivity index (χ2n) is 5.84. The molecule has 1 atom stereocenters. The van der Waals surface area contributed by atoms with Gasteiger partial charge < -0.3 is 14.8 Å². The molecule has 1 N–H and O–H groups in total. The van der Waals surface area contributed by atoms with Crippen LogP contribution >= 0.6 is 0 Å². The fourth-order valence-corrected chi connectivity index (χ4v) is 2.35. The average molecular weight is 279 g/mol. The standard InChI is InChI=1S/C17H29NO2/c1-7-18-15(10-11-17(3,4)20-6)14-8-9-16(19-5)13(2)12-14/h8-9,12,15,18H,7,10-11H2,1-6H3. The Labute approximate surface area is 123 Å². The summed E-state index contributed by atoms with van der Waals surface area (Å²) in [5.74, 6) is 0.946. The van der Waals surface area contributed by atoms with E-state index in [4.69, 9.17) is 9.47 Å². The lowest BCUT2D eigenvalue weighted by Gasteiger charge is -2.27. The number of benzene rings is 1. The van der Waals surface area contributed by atoms with E-state index < -0.39 is 0 Å². The molecule has 20 heavy (non-hydrogen) atoms. The summed E-state index contributed by atoms with van der Waals surface area (Å²) >= 11 is 0. The number of methoxy groups -OCH3 is 2. The van der Waals surface area contributed by atoms with Gasteiger partial charge in [0.1, 0.15) is 5.75 Å². The van der Waals surface area contributed by atoms with Gasteiger partial charge in [-0.2, -0.15) is 0 Å². The largest absolute Gasteiger partial charge is 0.496 e. The number of ether oxygens (including phenoxy) is 2. The van der Waals surface area contributed by atoms with Crippen LogP contribution < -0.4 is 10.1 Å². The Balaban J connectivity index is 2.82. The maximum Gasteiger partial charge on any atom is 0.121 e. The van der Waals surface area contributed by atoms with E-state index in [9.17, 15) is 0 Å². The van der Waals surface area contributed by atoms with Crippen molar-refractivity contribution < 1.29 is 9.47 Å². The molecule has 0 aromatic heterocycles. The van der Waals surface area contributed by atoms with Gasteiger partial charge in [-0.15, -0.1) is 0 Å². The first kappa shape index (κ1) is 17.0. The fraction of sp³-hybridized carbons (Fsp3) is 0.647. The summed E-state index contributed by atoms with van der Waals surface area (Å²) in [5, 5.41) is 3.56. The molecular weight excluding hydrogens is 250 g/mol. The third kappa shape index (κ3) is 4.80. The molecule has 0 radical (unpaired) electrons. The van der Waals surface area contributed by atoms with Crippen molar-refractivity contribution in [3.05, 3.63) is 29.3 Å².